The lowest BCUT2D eigenvalue weighted by molar-refractivity contribution is -0.873. The standard InChI is InChI=1S/C8H20NO4PS/c1-9(2,3)6-8(11-4)7-13-14(10,15)12-5/h8H,6-7H2,1-5H3/p+1. The number of hydrogen-bond acceptors (Lipinski definition) is 4. The van der Waals surface area contributed by atoms with Crippen LogP contribution in [0.1, 0.15) is 0 Å². The van der Waals surface area contributed by atoms with Gasteiger partial charge in [0.25, 0.3) is 0 Å². The lowest BCUT2D eigenvalue weighted by atomic mass is 10.3. The maximum atomic E-state index is 9.39. The predicted octanol–water partition coefficient (Wildman–Crippen LogP) is 0.587. The minimum atomic E-state index is -3.06. The summed E-state index contributed by atoms with van der Waals surface area (Å²) in [5.74, 6) is 0. The summed E-state index contributed by atoms with van der Waals surface area (Å²) < 4.78 is 15.7. The molecule has 0 fully saturated rings. The highest BCUT2D eigenvalue weighted by molar-refractivity contribution is 8.07. The summed E-state index contributed by atoms with van der Waals surface area (Å²) in [7, 11) is 9.10. The van der Waals surface area contributed by atoms with E-state index >= 15 is 0 Å². The molecule has 2 unspecified atom stereocenters. The molecular formula is C8H21NO4PS+. The quantitative estimate of drug-likeness (QED) is 0.535. The lowest BCUT2D eigenvalue weighted by Gasteiger charge is -2.28. The fraction of sp³-hybridized carbons (Fsp3) is 1.00. The number of ether oxygens (including phenoxy) is 1. The van der Waals surface area contributed by atoms with Crippen molar-refractivity contribution in [2.75, 3.05) is 48.5 Å². The molecule has 0 aliphatic rings. The molecular weight excluding hydrogens is 237 g/mol. The van der Waals surface area contributed by atoms with Crippen molar-refractivity contribution in [1.29, 1.82) is 0 Å². The van der Waals surface area contributed by atoms with Crippen LogP contribution >= 0.6 is 6.72 Å². The molecule has 0 aliphatic carbocycles. The van der Waals surface area contributed by atoms with Gasteiger partial charge < -0.3 is 23.2 Å². The molecule has 0 amide bonds. The monoisotopic (exact) mass is 258 g/mol. The summed E-state index contributed by atoms with van der Waals surface area (Å²) in [6.07, 6.45) is -0.102. The van der Waals surface area contributed by atoms with Crippen LogP contribution in [0.4, 0.5) is 0 Å². The van der Waals surface area contributed by atoms with Gasteiger partial charge >= 0.3 is 6.72 Å². The Morgan fingerprint density at radius 2 is 1.87 bits per heavy atom. The SMILES string of the molecule is COC(COP(O)(=S)OC)C[N+](C)(C)C. The van der Waals surface area contributed by atoms with Crippen LogP contribution in [-0.4, -0.2) is 64.0 Å². The van der Waals surface area contributed by atoms with E-state index in [9.17, 15) is 4.89 Å². The highest BCUT2D eigenvalue weighted by Gasteiger charge is 2.21. The fourth-order valence-electron chi connectivity index (χ4n) is 1.04. The molecule has 0 aliphatic heterocycles. The highest BCUT2D eigenvalue weighted by atomic mass is 32.5. The summed E-state index contributed by atoms with van der Waals surface area (Å²) in [6.45, 7) is -2.04. The zero-order valence-electron chi connectivity index (χ0n) is 9.97. The summed E-state index contributed by atoms with van der Waals surface area (Å²) in [6, 6.07) is 0. The number of rotatable bonds is 7. The Hall–Kier alpha value is 0.450. The van der Waals surface area contributed by atoms with Crippen molar-refractivity contribution < 1.29 is 23.2 Å². The van der Waals surface area contributed by atoms with Crippen LogP contribution in [0.3, 0.4) is 0 Å². The zero-order chi connectivity index (χ0) is 12.1. The van der Waals surface area contributed by atoms with E-state index in [0.29, 0.717) is 0 Å². The average Bonchev–Trinajstić information content (AvgIpc) is 2.10. The molecule has 0 heterocycles. The maximum Gasteiger partial charge on any atom is 0.324 e. The lowest BCUT2D eigenvalue weighted by Crippen LogP contribution is -2.43. The third-order valence-electron chi connectivity index (χ3n) is 1.74. The van der Waals surface area contributed by atoms with E-state index in [1.807, 2.05) is 0 Å². The van der Waals surface area contributed by atoms with Gasteiger partial charge in [-0.15, -0.1) is 0 Å². The van der Waals surface area contributed by atoms with E-state index in [-0.39, 0.29) is 12.7 Å². The largest absolute Gasteiger partial charge is 0.373 e. The van der Waals surface area contributed by atoms with Gasteiger partial charge in [0.05, 0.1) is 27.7 Å². The zero-order valence-corrected chi connectivity index (χ0v) is 11.7. The molecule has 92 valence electrons. The summed E-state index contributed by atoms with van der Waals surface area (Å²) >= 11 is 4.71. The van der Waals surface area contributed by atoms with E-state index in [2.05, 4.69) is 25.7 Å². The molecule has 0 rings (SSSR count). The summed E-state index contributed by atoms with van der Waals surface area (Å²) in [5.41, 5.74) is 0. The van der Waals surface area contributed by atoms with Gasteiger partial charge in [-0.05, 0) is 11.8 Å². The van der Waals surface area contributed by atoms with Gasteiger partial charge in [-0.25, -0.2) is 0 Å². The first-order valence-electron chi connectivity index (χ1n) is 4.56. The number of quaternary nitrogens is 1. The van der Waals surface area contributed by atoms with E-state index in [4.69, 9.17) is 21.1 Å². The molecule has 0 spiro atoms. The van der Waals surface area contributed by atoms with E-state index < -0.39 is 6.72 Å². The summed E-state index contributed by atoms with van der Waals surface area (Å²) in [5, 5.41) is 0. The van der Waals surface area contributed by atoms with E-state index in [1.54, 1.807) is 7.11 Å². The predicted molar refractivity (Wildman–Crippen MR) is 63.2 cm³/mol. The van der Waals surface area contributed by atoms with Crippen LogP contribution in [0.15, 0.2) is 0 Å². The molecule has 0 aromatic carbocycles. The number of nitrogens with zero attached hydrogens (tertiary/aromatic N) is 1. The maximum absolute atomic E-state index is 9.39. The Bertz CT molecular complexity index is 231. The molecule has 5 nitrogen and oxygen atoms in total. The van der Waals surface area contributed by atoms with Gasteiger partial charge in [-0.1, -0.05) is 0 Å². The number of likely N-dealkylation sites (N-methyl/N-ethyl adjacent to an activating group) is 1. The Kier molecular flexibility index (Phi) is 6.44. The molecule has 0 saturated carbocycles. The highest BCUT2D eigenvalue weighted by Crippen LogP contribution is 2.42. The van der Waals surface area contributed by atoms with Crippen molar-refractivity contribution in [1.82, 2.24) is 0 Å². The molecule has 7 heteroatoms. The van der Waals surface area contributed by atoms with Crippen molar-refractivity contribution in [3.05, 3.63) is 0 Å². The Balaban J connectivity index is 4.07. The second kappa shape index (κ2) is 6.25. The third kappa shape index (κ3) is 8.28. The van der Waals surface area contributed by atoms with Crippen LogP contribution < -0.4 is 0 Å². The molecule has 0 radical (unpaired) electrons. The van der Waals surface area contributed by atoms with Crippen LogP contribution in [0.5, 0.6) is 0 Å². The Morgan fingerprint density at radius 3 is 2.20 bits per heavy atom. The minimum Gasteiger partial charge on any atom is -0.373 e. The fourth-order valence-corrected chi connectivity index (χ4v) is 1.68. The topological polar surface area (TPSA) is 47.9 Å². The van der Waals surface area contributed by atoms with Crippen molar-refractivity contribution in [2.24, 2.45) is 0 Å². The van der Waals surface area contributed by atoms with Gasteiger partial charge in [-0.3, -0.25) is 0 Å². The normalized spacial score (nSPS) is 18.5. The van der Waals surface area contributed by atoms with Gasteiger partial charge in [0.1, 0.15) is 12.6 Å². The van der Waals surface area contributed by atoms with Crippen LogP contribution in [-0.2, 0) is 25.6 Å². The van der Waals surface area contributed by atoms with E-state index in [1.165, 1.54) is 7.11 Å². The third-order valence-corrected chi connectivity index (χ3v) is 3.44. The average molecular weight is 258 g/mol. The number of methoxy groups -OCH3 is 1. The Morgan fingerprint density at radius 1 is 1.33 bits per heavy atom. The molecule has 2 atom stereocenters. The second-order valence-corrected chi connectivity index (χ2v) is 7.22. The van der Waals surface area contributed by atoms with E-state index in [0.717, 1.165) is 11.0 Å². The van der Waals surface area contributed by atoms with Gasteiger partial charge in [-0.2, -0.15) is 0 Å². The summed E-state index contributed by atoms with van der Waals surface area (Å²) in [4.78, 5) is 9.39. The van der Waals surface area contributed by atoms with Crippen LogP contribution in [0, 0.1) is 0 Å². The second-order valence-electron chi connectivity index (χ2n) is 4.28. The minimum absolute atomic E-state index is 0.102. The number of hydrogen-bond donors (Lipinski definition) is 1. The molecule has 0 bridgehead atoms. The van der Waals surface area contributed by atoms with Crippen LogP contribution in [0.2, 0.25) is 0 Å². The Labute approximate surface area is 96.8 Å². The first-order chi connectivity index (χ1) is 6.70. The van der Waals surface area contributed by atoms with Crippen molar-refractivity contribution in [2.45, 2.75) is 6.10 Å². The van der Waals surface area contributed by atoms with Crippen LogP contribution in [0.25, 0.3) is 0 Å². The van der Waals surface area contributed by atoms with Crippen molar-refractivity contribution in [3.63, 3.8) is 0 Å². The molecule has 0 aromatic rings. The molecule has 15 heavy (non-hydrogen) atoms. The van der Waals surface area contributed by atoms with Crippen molar-refractivity contribution in [3.8, 4) is 0 Å². The first kappa shape index (κ1) is 15.4. The van der Waals surface area contributed by atoms with Gasteiger partial charge in [0.2, 0.25) is 0 Å². The molecule has 0 aromatic heterocycles. The van der Waals surface area contributed by atoms with Gasteiger partial charge in [0.15, 0.2) is 0 Å². The smallest absolute Gasteiger partial charge is 0.324 e. The van der Waals surface area contributed by atoms with Crippen molar-refractivity contribution >= 4 is 18.5 Å². The molecule has 1 N–H and O–H groups in total. The molecule has 0 saturated heterocycles. The first-order valence-corrected chi connectivity index (χ1v) is 7.15. The van der Waals surface area contributed by atoms with Gasteiger partial charge in [0, 0.05) is 14.2 Å².